The largest absolute Gasteiger partial charge is 0.379 e. The fraction of sp³-hybridized carbons (Fsp3) is 0.571. The second-order valence-corrected chi connectivity index (χ2v) is 4.70. The van der Waals surface area contributed by atoms with Crippen molar-refractivity contribution in [2.45, 2.75) is 19.4 Å². The number of carbonyl (C=O) groups excluding carboxylic acids is 1. The topological polar surface area (TPSA) is 54.5 Å². The number of hydrogen-bond donors (Lipinski definition) is 1. The van der Waals surface area contributed by atoms with E-state index in [1.165, 1.54) is 0 Å². The molecule has 0 radical (unpaired) electrons. The smallest absolute Gasteiger partial charge is 0.234 e. The van der Waals surface area contributed by atoms with Gasteiger partial charge in [-0.3, -0.25) is 14.7 Å². The molecule has 0 bridgehead atoms. The molecule has 0 aromatic carbocycles. The van der Waals surface area contributed by atoms with E-state index >= 15 is 0 Å². The van der Waals surface area contributed by atoms with Crippen molar-refractivity contribution in [1.29, 1.82) is 0 Å². The molecule has 1 aromatic heterocycles. The van der Waals surface area contributed by atoms with Gasteiger partial charge < -0.3 is 10.1 Å². The van der Waals surface area contributed by atoms with Crippen molar-refractivity contribution < 1.29 is 9.53 Å². The maximum atomic E-state index is 12.0. The Morgan fingerprint density at radius 2 is 2.11 bits per heavy atom. The van der Waals surface area contributed by atoms with Gasteiger partial charge in [-0.25, -0.2) is 0 Å². The number of morpholine rings is 1. The average Bonchev–Trinajstić information content (AvgIpc) is 2.47. The number of carbonyl (C=O) groups is 1. The van der Waals surface area contributed by atoms with Crippen LogP contribution in [-0.4, -0.2) is 48.6 Å². The minimum atomic E-state index is 0.0662. The predicted octanol–water partition coefficient (Wildman–Crippen LogP) is 0.981. The number of amides is 1. The molecule has 0 aliphatic carbocycles. The van der Waals surface area contributed by atoms with Crippen molar-refractivity contribution >= 4 is 5.91 Å². The summed E-state index contributed by atoms with van der Waals surface area (Å²) in [5.41, 5.74) is 1.10. The molecule has 2 rings (SSSR count). The van der Waals surface area contributed by atoms with Crippen LogP contribution >= 0.6 is 0 Å². The molecule has 1 atom stereocenters. The maximum absolute atomic E-state index is 12.0. The molecular weight excluding hydrogens is 242 g/mol. The number of nitrogens with one attached hydrogen (secondary N) is 1. The first-order valence-electron chi connectivity index (χ1n) is 6.79. The number of nitrogens with zero attached hydrogens (tertiary/aromatic N) is 2. The molecule has 1 aliphatic heterocycles. The molecule has 1 N–H and O–H groups in total. The third-order valence-corrected chi connectivity index (χ3v) is 3.32. The summed E-state index contributed by atoms with van der Waals surface area (Å²) < 4.78 is 5.27. The molecular formula is C14H21N3O2. The number of rotatable bonds is 5. The van der Waals surface area contributed by atoms with Gasteiger partial charge >= 0.3 is 0 Å². The molecule has 0 saturated carbocycles. The summed E-state index contributed by atoms with van der Waals surface area (Å²) in [6.45, 7) is 5.62. The van der Waals surface area contributed by atoms with Crippen LogP contribution < -0.4 is 5.32 Å². The van der Waals surface area contributed by atoms with Crippen molar-refractivity contribution in [3.63, 3.8) is 0 Å². The quantitative estimate of drug-likeness (QED) is 0.860. The summed E-state index contributed by atoms with van der Waals surface area (Å²) >= 11 is 0. The van der Waals surface area contributed by atoms with Crippen molar-refractivity contribution in [1.82, 2.24) is 15.2 Å². The van der Waals surface area contributed by atoms with Gasteiger partial charge in [0, 0.05) is 25.5 Å². The Hall–Kier alpha value is -1.46. The van der Waals surface area contributed by atoms with Crippen LogP contribution in [-0.2, 0) is 9.53 Å². The third-order valence-electron chi connectivity index (χ3n) is 3.32. The first-order chi connectivity index (χ1) is 9.29. The van der Waals surface area contributed by atoms with Gasteiger partial charge in [0.1, 0.15) is 0 Å². The fourth-order valence-corrected chi connectivity index (χ4v) is 2.22. The van der Waals surface area contributed by atoms with Gasteiger partial charge in [0.05, 0.1) is 25.8 Å². The highest BCUT2D eigenvalue weighted by molar-refractivity contribution is 5.78. The molecule has 1 aromatic rings. The van der Waals surface area contributed by atoms with Gasteiger partial charge in [0.25, 0.3) is 0 Å². The zero-order valence-corrected chi connectivity index (χ0v) is 11.3. The Bertz CT molecular complexity index is 391. The van der Waals surface area contributed by atoms with Crippen molar-refractivity contribution in [3.05, 3.63) is 30.1 Å². The Kier molecular flexibility index (Phi) is 5.30. The van der Waals surface area contributed by atoms with Crippen LogP contribution in [0, 0.1) is 0 Å². The number of ether oxygens (including phenoxy) is 1. The highest BCUT2D eigenvalue weighted by atomic mass is 16.5. The van der Waals surface area contributed by atoms with Crippen molar-refractivity contribution in [2.24, 2.45) is 0 Å². The normalized spacial score (nSPS) is 17.9. The monoisotopic (exact) mass is 263 g/mol. The van der Waals surface area contributed by atoms with E-state index < -0.39 is 0 Å². The Balaban J connectivity index is 1.85. The van der Waals surface area contributed by atoms with E-state index in [-0.39, 0.29) is 11.9 Å². The summed E-state index contributed by atoms with van der Waals surface area (Å²) in [7, 11) is 0. The zero-order chi connectivity index (χ0) is 13.5. The van der Waals surface area contributed by atoms with Gasteiger partial charge in [-0.05, 0) is 24.1 Å². The minimum Gasteiger partial charge on any atom is -0.379 e. The van der Waals surface area contributed by atoms with Gasteiger partial charge in [0.15, 0.2) is 0 Å². The summed E-state index contributed by atoms with van der Waals surface area (Å²) in [5, 5.41) is 3.08. The predicted molar refractivity (Wildman–Crippen MR) is 72.7 cm³/mol. The van der Waals surface area contributed by atoms with E-state index in [0.717, 1.165) is 38.3 Å². The first kappa shape index (κ1) is 14.0. The van der Waals surface area contributed by atoms with E-state index in [2.05, 4.69) is 22.1 Å². The van der Waals surface area contributed by atoms with Crippen molar-refractivity contribution in [2.75, 3.05) is 32.8 Å². The highest BCUT2D eigenvalue weighted by Gasteiger charge is 2.17. The molecule has 1 fully saturated rings. The number of pyridine rings is 1. The SMILES string of the molecule is CCC(NC(=O)CN1CCOCC1)c1ccncc1. The van der Waals surface area contributed by atoms with Crippen LogP contribution in [0.3, 0.4) is 0 Å². The van der Waals surface area contributed by atoms with E-state index in [4.69, 9.17) is 4.74 Å². The van der Waals surface area contributed by atoms with Crippen LogP contribution in [0.5, 0.6) is 0 Å². The zero-order valence-electron chi connectivity index (χ0n) is 11.3. The molecule has 0 spiro atoms. The minimum absolute atomic E-state index is 0.0662. The number of aromatic nitrogens is 1. The summed E-state index contributed by atoms with van der Waals surface area (Å²) in [6, 6.07) is 3.96. The molecule has 2 heterocycles. The van der Waals surface area contributed by atoms with Crippen molar-refractivity contribution in [3.8, 4) is 0 Å². The first-order valence-corrected chi connectivity index (χ1v) is 6.79. The highest BCUT2D eigenvalue weighted by Crippen LogP contribution is 2.15. The summed E-state index contributed by atoms with van der Waals surface area (Å²) in [5.74, 6) is 0.0746. The molecule has 104 valence electrons. The average molecular weight is 263 g/mol. The lowest BCUT2D eigenvalue weighted by Crippen LogP contribution is -2.43. The summed E-state index contributed by atoms with van der Waals surface area (Å²) in [6.07, 6.45) is 4.39. The van der Waals surface area contributed by atoms with Crippen LogP contribution in [0.4, 0.5) is 0 Å². The van der Waals surface area contributed by atoms with Gasteiger partial charge in [-0.15, -0.1) is 0 Å². The second kappa shape index (κ2) is 7.21. The molecule has 1 saturated heterocycles. The maximum Gasteiger partial charge on any atom is 0.234 e. The van der Waals surface area contributed by atoms with Crippen LogP contribution in [0.1, 0.15) is 24.9 Å². The molecule has 19 heavy (non-hydrogen) atoms. The second-order valence-electron chi connectivity index (χ2n) is 4.70. The summed E-state index contributed by atoms with van der Waals surface area (Å²) in [4.78, 5) is 18.2. The standard InChI is InChI=1S/C14H21N3O2/c1-2-13(12-3-5-15-6-4-12)16-14(18)11-17-7-9-19-10-8-17/h3-6,13H,2,7-11H2,1H3,(H,16,18). The van der Waals surface area contributed by atoms with E-state index in [0.29, 0.717) is 6.54 Å². The van der Waals surface area contributed by atoms with Crippen LogP contribution in [0.15, 0.2) is 24.5 Å². The lowest BCUT2D eigenvalue weighted by molar-refractivity contribution is -0.124. The van der Waals surface area contributed by atoms with Gasteiger partial charge in [-0.1, -0.05) is 6.92 Å². The molecule has 5 nitrogen and oxygen atoms in total. The fourth-order valence-electron chi connectivity index (χ4n) is 2.22. The molecule has 1 amide bonds. The van der Waals surface area contributed by atoms with E-state index in [9.17, 15) is 4.79 Å². The Morgan fingerprint density at radius 1 is 1.42 bits per heavy atom. The van der Waals surface area contributed by atoms with Gasteiger partial charge in [0.2, 0.25) is 5.91 Å². The molecule has 1 unspecified atom stereocenters. The Labute approximate surface area is 114 Å². The molecule has 5 heteroatoms. The van der Waals surface area contributed by atoms with Gasteiger partial charge in [-0.2, -0.15) is 0 Å². The van der Waals surface area contributed by atoms with Crippen LogP contribution in [0.25, 0.3) is 0 Å². The lowest BCUT2D eigenvalue weighted by Gasteiger charge is -2.27. The van der Waals surface area contributed by atoms with Crippen LogP contribution in [0.2, 0.25) is 0 Å². The third kappa shape index (κ3) is 4.29. The van der Waals surface area contributed by atoms with E-state index in [1.54, 1.807) is 12.4 Å². The lowest BCUT2D eigenvalue weighted by atomic mass is 10.1. The number of hydrogen-bond acceptors (Lipinski definition) is 4. The Morgan fingerprint density at radius 3 is 2.74 bits per heavy atom. The van der Waals surface area contributed by atoms with E-state index in [1.807, 2.05) is 12.1 Å². The molecule has 1 aliphatic rings.